The second-order valence-electron chi connectivity index (χ2n) is 6.38. The lowest BCUT2D eigenvalue weighted by molar-refractivity contribution is 0.0909. The highest BCUT2D eigenvalue weighted by atomic mass is 16.5. The molecule has 0 fully saturated rings. The predicted octanol–water partition coefficient (Wildman–Crippen LogP) is 4.34. The first kappa shape index (κ1) is 17.2. The number of nitrogens with two attached hydrogens (primary N) is 1. The lowest BCUT2D eigenvalue weighted by Crippen LogP contribution is -2.19. The van der Waals surface area contributed by atoms with Crippen molar-refractivity contribution in [1.82, 2.24) is 0 Å². The Labute approximate surface area is 124 Å². The van der Waals surface area contributed by atoms with Crippen molar-refractivity contribution < 1.29 is 4.74 Å². The van der Waals surface area contributed by atoms with Crippen LogP contribution >= 0.6 is 0 Å². The summed E-state index contributed by atoms with van der Waals surface area (Å²) in [4.78, 5) is 0. The van der Waals surface area contributed by atoms with Crippen LogP contribution in [0.1, 0.15) is 57.7 Å². The van der Waals surface area contributed by atoms with Gasteiger partial charge in [0, 0.05) is 6.61 Å². The van der Waals surface area contributed by atoms with Crippen LogP contribution in [-0.4, -0.2) is 13.2 Å². The number of hydrogen-bond donors (Lipinski definition) is 1. The van der Waals surface area contributed by atoms with E-state index in [9.17, 15) is 0 Å². The van der Waals surface area contributed by atoms with Gasteiger partial charge in [0.05, 0.1) is 12.6 Å². The molecule has 0 saturated carbocycles. The maximum Gasteiger partial charge on any atom is 0.0659 e. The molecule has 20 heavy (non-hydrogen) atoms. The van der Waals surface area contributed by atoms with Gasteiger partial charge in [0.15, 0.2) is 0 Å². The van der Waals surface area contributed by atoms with Gasteiger partial charge in [-0.05, 0) is 35.8 Å². The Kier molecular flexibility index (Phi) is 7.86. The molecule has 0 aliphatic rings. The lowest BCUT2D eigenvalue weighted by atomic mass is 10.00. The minimum atomic E-state index is -0.0167. The third-order valence-electron chi connectivity index (χ3n) is 3.53. The van der Waals surface area contributed by atoms with Gasteiger partial charge in [-0.3, -0.25) is 0 Å². The van der Waals surface area contributed by atoms with Crippen molar-refractivity contribution in [2.24, 2.45) is 17.6 Å². The largest absolute Gasteiger partial charge is 0.379 e. The Hall–Kier alpha value is -0.860. The third kappa shape index (κ3) is 6.53. The molecule has 0 aliphatic carbocycles. The van der Waals surface area contributed by atoms with E-state index in [2.05, 4.69) is 52.0 Å². The van der Waals surface area contributed by atoms with Crippen molar-refractivity contribution in [2.75, 3.05) is 13.2 Å². The van der Waals surface area contributed by atoms with Crippen LogP contribution < -0.4 is 5.73 Å². The van der Waals surface area contributed by atoms with Gasteiger partial charge in [-0.2, -0.15) is 0 Å². The molecule has 0 heterocycles. The second kappa shape index (κ2) is 9.15. The van der Waals surface area contributed by atoms with Crippen LogP contribution in [0.15, 0.2) is 24.3 Å². The van der Waals surface area contributed by atoms with Crippen LogP contribution in [0.3, 0.4) is 0 Å². The van der Waals surface area contributed by atoms with Gasteiger partial charge in [0.1, 0.15) is 0 Å². The zero-order chi connectivity index (χ0) is 15.0. The van der Waals surface area contributed by atoms with Crippen molar-refractivity contribution in [2.45, 2.75) is 53.0 Å². The van der Waals surface area contributed by atoms with E-state index in [1.54, 1.807) is 0 Å². The Morgan fingerprint density at radius 2 is 1.70 bits per heavy atom. The molecule has 1 rings (SSSR count). The fraction of sp³-hybridized carbons (Fsp3) is 0.667. The summed E-state index contributed by atoms with van der Waals surface area (Å²) in [5.74, 6) is 1.32. The molecule has 2 heteroatoms. The fourth-order valence-corrected chi connectivity index (χ4v) is 2.44. The molecule has 0 saturated heterocycles. The second-order valence-corrected chi connectivity index (χ2v) is 6.38. The molecule has 0 bridgehead atoms. The summed E-state index contributed by atoms with van der Waals surface area (Å²) in [6, 6.07) is 8.64. The average molecular weight is 277 g/mol. The van der Waals surface area contributed by atoms with E-state index < -0.39 is 0 Å². The van der Waals surface area contributed by atoms with Crippen LogP contribution in [-0.2, 0) is 11.2 Å². The summed E-state index contributed by atoms with van der Waals surface area (Å²) < 4.78 is 5.73. The number of benzene rings is 1. The zero-order valence-electron chi connectivity index (χ0n) is 13.6. The lowest BCUT2D eigenvalue weighted by Gasteiger charge is -2.16. The van der Waals surface area contributed by atoms with Crippen molar-refractivity contribution in [3.05, 3.63) is 35.4 Å². The van der Waals surface area contributed by atoms with Crippen LogP contribution in [0.25, 0.3) is 0 Å². The highest BCUT2D eigenvalue weighted by molar-refractivity contribution is 5.25. The van der Waals surface area contributed by atoms with Crippen molar-refractivity contribution in [3.63, 3.8) is 0 Å². The van der Waals surface area contributed by atoms with Crippen LogP contribution in [0.2, 0.25) is 0 Å². The molecule has 1 aromatic carbocycles. The van der Waals surface area contributed by atoms with Gasteiger partial charge in [-0.1, -0.05) is 58.4 Å². The van der Waals surface area contributed by atoms with Gasteiger partial charge in [0.25, 0.3) is 0 Å². The minimum absolute atomic E-state index is 0.0167. The molecule has 0 radical (unpaired) electrons. The highest BCUT2D eigenvalue weighted by Gasteiger charge is 2.08. The van der Waals surface area contributed by atoms with Gasteiger partial charge in [0.2, 0.25) is 0 Å². The first-order chi connectivity index (χ1) is 9.52. The van der Waals surface area contributed by atoms with Gasteiger partial charge in [-0.15, -0.1) is 0 Å². The van der Waals surface area contributed by atoms with Gasteiger partial charge < -0.3 is 10.5 Å². The van der Waals surface area contributed by atoms with E-state index in [1.807, 2.05) is 0 Å². The molecule has 0 aliphatic heterocycles. The summed E-state index contributed by atoms with van der Waals surface area (Å²) in [6.07, 6.45) is 3.56. The molecular formula is C18H31NO. The zero-order valence-corrected chi connectivity index (χ0v) is 13.6. The normalized spacial score (nSPS) is 14.5. The average Bonchev–Trinajstić information content (AvgIpc) is 2.39. The first-order valence-electron chi connectivity index (χ1n) is 7.95. The topological polar surface area (TPSA) is 35.2 Å². The van der Waals surface area contributed by atoms with E-state index in [4.69, 9.17) is 10.5 Å². The first-order valence-corrected chi connectivity index (χ1v) is 7.95. The van der Waals surface area contributed by atoms with Crippen LogP contribution in [0, 0.1) is 11.8 Å². The quantitative estimate of drug-likeness (QED) is 0.729. The van der Waals surface area contributed by atoms with E-state index in [1.165, 1.54) is 24.0 Å². The smallest absolute Gasteiger partial charge is 0.0659 e. The van der Waals surface area contributed by atoms with Crippen LogP contribution in [0.5, 0.6) is 0 Å². The summed E-state index contributed by atoms with van der Waals surface area (Å²) in [5.41, 5.74) is 8.73. The Balaban J connectivity index is 2.37. The summed E-state index contributed by atoms with van der Waals surface area (Å²) in [5, 5.41) is 0. The van der Waals surface area contributed by atoms with Crippen molar-refractivity contribution in [1.29, 1.82) is 0 Å². The monoisotopic (exact) mass is 277 g/mol. The van der Waals surface area contributed by atoms with Crippen LogP contribution in [0.4, 0.5) is 0 Å². The summed E-state index contributed by atoms with van der Waals surface area (Å²) in [7, 11) is 0. The maximum atomic E-state index is 6.18. The SMILES string of the molecule is CCCC(C)COCC(N)c1ccc(CC(C)C)cc1. The minimum Gasteiger partial charge on any atom is -0.379 e. The highest BCUT2D eigenvalue weighted by Crippen LogP contribution is 2.15. The van der Waals surface area contributed by atoms with Crippen molar-refractivity contribution in [3.8, 4) is 0 Å². The standard InChI is InChI=1S/C18H31NO/c1-5-6-15(4)12-20-13-18(19)17-9-7-16(8-10-17)11-14(2)3/h7-10,14-15,18H,5-6,11-13,19H2,1-4H3. The molecule has 0 aromatic heterocycles. The molecule has 2 N–H and O–H groups in total. The number of hydrogen-bond acceptors (Lipinski definition) is 2. The molecule has 0 spiro atoms. The molecule has 114 valence electrons. The Morgan fingerprint density at radius 3 is 2.25 bits per heavy atom. The predicted molar refractivity (Wildman–Crippen MR) is 86.8 cm³/mol. The molecular weight excluding hydrogens is 246 g/mol. The third-order valence-corrected chi connectivity index (χ3v) is 3.53. The molecule has 2 unspecified atom stereocenters. The van der Waals surface area contributed by atoms with Gasteiger partial charge >= 0.3 is 0 Å². The fourth-order valence-electron chi connectivity index (χ4n) is 2.44. The van der Waals surface area contributed by atoms with Gasteiger partial charge in [-0.25, -0.2) is 0 Å². The van der Waals surface area contributed by atoms with E-state index in [-0.39, 0.29) is 6.04 Å². The van der Waals surface area contributed by atoms with E-state index in [0.29, 0.717) is 18.4 Å². The molecule has 2 nitrogen and oxygen atoms in total. The van der Waals surface area contributed by atoms with Crippen molar-refractivity contribution >= 4 is 0 Å². The number of ether oxygens (including phenoxy) is 1. The number of rotatable bonds is 9. The molecule has 2 atom stereocenters. The van der Waals surface area contributed by atoms with E-state index in [0.717, 1.165) is 13.0 Å². The Morgan fingerprint density at radius 1 is 1.05 bits per heavy atom. The molecule has 1 aromatic rings. The molecule has 0 amide bonds. The van der Waals surface area contributed by atoms with E-state index >= 15 is 0 Å². The maximum absolute atomic E-state index is 6.18. The Bertz CT molecular complexity index is 358. The summed E-state index contributed by atoms with van der Waals surface area (Å²) in [6.45, 7) is 10.3. The summed E-state index contributed by atoms with van der Waals surface area (Å²) >= 11 is 0.